The first-order valence-corrected chi connectivity index (χ1v) is 10.3. The van der Waals surface area contributed by atoms with E-state index in [1.54, 1.807) is 0 Å². The van der Waals surface area contributed by atoms with Crippen LogP contribution in [0.2, 0.25) is 0 Å². The van der Waals surface area contributed by atoms with E-state index >= 15 is 0 Å². The summed E-state index contributed by atoms with van der Waals surface area (Å²) in [5.41, 5.74) is 1.14. The number of amides is 1. The number of ether oxygens (including phenoxy) is 1. The van der Waals surface area contributed by atoms with Crippen LogP contribution in [-0.4, -0.2) is 55.0 Å². The van der Waals surface area contributed by atoms with E-state index in [4.69, 9.17) is 4.74 Å². The van der Waals surface area contributed by atoms with Crippen molar-refractivity contribution in [2.45, 2.75) is 45.6 Å². The molecular formula is C20H31BrN2O2. The Kier molecular flexibility index (Phi) is 8.93. The van der Waals surface area contributed by atoms with Gasteiger partial charge < -0.3 is 14.5 Å². The number of nitrogens with zero attached hydrogens (tertiary/aromatic N) is 2. The lowest BCUT2D eigenvalue weighted by Crippen LogP contribution is -2.42. The number of hydrogen-bond acceptors (Lipinski definition) is 3. The zero-order valence-electron chi connectivity index (χ0n) is 15.5. The SMILES string of the molecule is CCCN(CCC)CCCC(=O)N1CCOC(c2ccc(Br)cc2)C1. The molecule has 25 heavy (non-hydrogen) atoms. The fourth-order valence-corrected chi connectivity index (χ4v) is 3.60. The van der Waals surface area contributed by atoms with Crippen molar-refractivity contribution in [1.82, 2.24) is 9.80 Å². The summed E-state index contributed by atoms with van der Waals surface area (Å²) in [5, 5.41) is 0. The van der Waals surface area contributed by atoms with Gasteiger partial charge in [-0.25, -0.2) is 0 Å². The Labute approximate surface area is 160 Å². The highest BCUT2D eigenvalue weighted by Gasteiger charge is 2.25. The predicted octanol–water partition coefficient (Wildman–Crippen LogP) is 4.25. The van der Waals surface area contributed by atoms with Crippen molar-refractivity contribution < 1.29 is 9.53 Å². The van der Waals surface area contributed by atoms with Gasteiger partial charge in [0.2, 0.25) is 5.91 Å². The number of carbonyl (C=O) groups excluding carboxylic acids is 1. The molecule has 0 spiro atoms. The summed E-state index contributed by atoms with van der Waals surface area (Å²) in [7, 11) is 0. The number of hydrogen-bond donors (Lipinski definition) is 0. The van der Waals surface area contributed by atoms with Gasteiger partial charge >= 0.3 is 0 Å². The molecule has 1 unspecified atom stereocenters. The molecule has 1 aliphatic rings. The van der Waals surface area contributed by atoms with Crippen molar-refractivity contribution in [2.75, 3.05) is 39.3 Å². The minimum absolute atomic E-state index is 0.0116. The van der Waals surface area contributed by atoms with Crippen LogP contribution in [0.4, 0.5) is 0 Å². The maximum atomic E-state index is 12.6. The van der Waals surface area contributed by atoms with E-state index in [9.17, 15) is 4.79 Å². The smallest absolute Gasteiger partial charge is 0.222 e. The molecule has 140 valence electrons. The molecule has 0 bridgehead atoms. The Bertz CT molecular complexity index is 515. The number of morpholine rings is 1. The third kappa shape index (κ3) is 6.72. The largest absolute Gasteiger partial charge is 0.370 e. The van der Waals surface area contributed by atoms with Crippen molar-refractivity contribution >= 4 is 21.8 Å². The van der Waals surface area contributed by atoms with Gasteiger partial charge in [0.15, 0.2) is 0 Å². The van der Waals surface area contributed by atoms with Crippen LogP contribution in [0.15, 0.2) is 28.7 Å². The summed E-state index contributed by atoms with van der Waals surface area (Å²) in [6.07, 6.45) is 3.91. The minimum atomic E-state index is -0.0116. The molecule has 4 nitrogen and oxygen atoms in total. The topological polar surface area (TPSA) is 32.8 Å². The fraction of sp³-hybridized carbons (Fsp3) is 0.650. The summed E-state index contributed by atoms with van der Waals surface area (Å²) < 4.78 is 6.93. The summed E-state index contributed by atoms with van der Waals surface area (Å²) in [4.78, 5) is 17.0. The zero-order chi connectivity index (χ0) is 18.1. The van der Waals surface area contributed by atoms with Crippen molar-refractivity contribution in [3.05, 3.63) is 34.3 Å². The molecule has 0 N–H and O–H groups in total. The lowest BCUT2D eigenvalue weighted by molar-refractivity contribution is -0.139. The highest BCUT2D eigenvalue weighted by molar-refractivity contribution is 9.10. The fourth-order valence-electron chi connectivity index (χ4n) is 3.33. The van der Waals surface area contributed by atoms with Crippen molar-refractivity contribution in [3.8, 4) is 0 Å². The van der Waals surface area contributed by atoms with Gasteiger partial charge in [-0.15, -0.1) is 0 Å². The number of carbonyl (C=O) groups is 1. The maximum Gasteiger partial charge on any atom is 0.222 e. The van der Waals surface area contributed by atoms with Crippen molar-refractivity contribution in [1.29, 1.82) is 0 Å². The minimum Gasteiger partial charge on any atom is -0.370 e. The van der Waals surface area contributed by atoms with Gasteiger partial charge in [0, 0.05) is 17.4 Å². The second-order valence-electron chi connectivity index (χ2n) is 6.70. The molecule has 2 rings (SSSR count). The Balaban J connectivity index is 1.79. The molecular weight excluding hydrogens is 380 g/mol. The van der Waals surface area contributed by atoms with Crippen LogP contribution in [0.3, 0.4) is 0 Å². The van der Waals surface area contributed by atoms with E-state index in [0.717, 1.165) is 36.1 Å². The zero-order valence-corrected chi connectivity index (χ0v) is 17.1. The van der Waals surface area contributed by atoms with Crippen molar-refractivity contribution in [2.24, 2.45) is 0 Å². The van der Waals surface area contributed by atoms with Crippen LogP contribution in [-0.2, 0) is 9.53 Å². The van der Waals surface area contributed by atoms with E-state index < -0.39 is 0 Å². The van der Waals surface area contributed by atoms with Gasteiger partial charge in [-0.05, 0) is 56.6 Å². The van der Waals surface area contributed by atoms with E-state index in [1.807, 2.05) is 17.0 Å². The molecule has 0 aliphatic carbocycles. The molecule has 1 fully saturated rings. The highest BCUT2D eigenvalue weighted by atomic mass is 79.9. The quantitative estimate of drug-likeness (QED) is 0.609. The average Bonchev–Trinajstić information content (AvgIpc) is 2.63. The summed E-state index contributed by atoms with van der Waals surface area (Å²) in [6, 6.07) is 8.18. The maximum absolute atomic E-state index is 12.6. The first kappa shape index (κ1) is 20.4. The molecule has 1 saturated heterocycles. The number of rotatable bonds is 9. The molecule has 1 amide bonds. The van der Waals surface area contributed by atoms with Gasteiger partial charge in [0.1, 0.15) is 6.10 Å². The van der Waals surface area contributed by atoms with E-state index in [-0.39, 0.29) is 12.0 Å². The van der Waals surface area contributed by atoms with Crippen LogP contribution in [0.1, 0.15) is 51.2 Å². The molecule has 1 aromatic rings. The lowest BCUT2D eigenvalue weighted by atomic mass is 10.1. The Morgan fingerprint density at radius 2 is 1.88 bits per heavy atom. The van der Waals surface area contributed by atoms with Gasteiger partial charge in [-0.3, -0.25) is 4.79 Å². The van der Waals surface area contributed by atoms with Crippen LogP contribution in [0.25, 0.3) is 0 Å². The number of halogens is 1. The van der Waals surface area contributed by atoms with E-state index in [0.29, 0.717) is 26.1 Å². The Hall–Kier alpha value is -0.910. The second kappa shape index (κ2) is 10.9. The highest BCUT2D eigenvalue weighted by Crippen LogP contribution is 2.24. The second-order valence-corrected chi connectivity index (χ2v) is 7.61. The molecule has 1 atom stereocenters. The first-order chi connectivity index (χ1) is 12.1. The molecule has 5 heteroatoms. The van der Waals surface area contributed by atoms with E-state index in [2.05, 4.69) is 46.8 Å². The molecule has 0 saturated carbocycles. The molecule has 1 aromatic carbocycles. The van der Waals surface area contributed by atoms with E-state index in [1.165, 1.54) is 12.8 Å². The number of benzene rings is 1. The standard InChI is InChI=1S/C20H31BrN2O2/c1-3-11-22(12-4-2)13-5-6-20(24)23-14-15-25-19(16-23)17-7-9-18(21)10-8-17/h7-10,19H,3-6,11-16H2,1-2H3. The van der Waals surface area contributed by atoms with Gasteiger partial charge in [0.05, 0.1) is 13.2 Å². The summed E-state index contributed by atoms with van der Waals surface area (Å²) in [6.45, 7) is 9.69. The summed E-state index contributed by atoms with van der Waals surface area (Å²) >= 11 is 3.46. The molecule has 0 radical (unpaired) electrons. The molecule has 1 heterocycles. The molecule has 0 aromatic heterocycles. The van der Waals surface area contributed by atoms with Crippen LogP contribution < -0.4 is 0 Å². The van der Waals surface area contributed by atoms with Gasteiger partial charge in [-0.2, -0.15) is 0 Å². The Morgan fingerprint density at radius 1 is 1.20 bits per heavy atom. The van der Waals surface area contributed by atoms with Crippen molar-refractivity contribution in [3.63, 3.8) is 0 Å². The van der Waals surface area contributed by atoms with Crippen LogP contribution in [0, 0.1) is 0 Å². The monoisotopic (exact) mass is 410 g/mol. The van der Waals surface area contributed by atoms with Crippen LogP contribution >= 0.6 is 15.9 Å². The van der Waals surface area contributed by atoms with Gasteiger partial charge in [-0.1, -0.05) is 41.9 Å². The average molecular weight is 411 g/mol. The summed E-state index contributed by atoms with van der Waals surface area (Å²) in [5.74, 6) is 0.262. The third-order valence-electron chi connectivity index (χ3n) is 4.61. The lowest BCUT2D eigenvalue weighted by Gasteiger charge is -2.33. The first-order valence-electron chi connectivity index (χ1n) is 9.51. The van der Waals surface area contributed by atoms with Crippen LogP contribution in [0.5, 0.6) is 0 Å². The Morgan fingerprint density at radius 3 is 2.52 bits per heavy atom. The third-order valence-corrected chi connectivity index (χ3v) is 5.13. The molecule has 1 aliphatic heterocycles. The predicted molar refractivity (Wildman–Crippen MR) is 106 cm³/mol. The normalized spacial score (nSPS) is 17.9. The van der Waals surface area contributed by atoms with Gasteiger partial charge in [0.25, 0.3) is 0 Å².